The molecule has 0 amide bonds. The van der Waals surface area contributed by atoms with Crippen LogP contribution in [0.15, 0.2) is 6.07 Å². The van der Waals surface area contributed by atoms with Crippen molar-refractivity contribution in [1.82, 2.24) is 0 Å². The second-order valence-corrected chi connectivity index (χ2v) is 7.20. The summed E-state index contributed by atoms with van der Waals surface area (Å²) in [5, 5.41) is 0. The Kier molecular flexibility index (Phi) is 4.79. The van der Waals surface area contributed by atoms with Gasteiger partial charge in [-0.05, 0) is 67.1 Å². The molecule has 0 aliphatic heterocycles. The fraction of sp³-hybridized carbons (Fsp3) is 0.684. The fourth-order valence-electron chi connectivity index (χ4n) is 4.61. The highest BCUT2D eigenvalue weighted by Crippen LogP contribution is 2.41. The molecule has 1 unspecified atom stereocenters. The van der Waals surface area contributed by atoms with Crippen molar-refractivity contribution in [3.63, 3.8) is 0 Å². The van der Waals surface area contributed by atoms with Crippen LogP contribution < -0.4 is 0 Å². The van der Waals surface area contributed by atoms with Gasteiger partial charge in [-0.1, -0.05) is 32.6 Å². The molecule has 0 nitrogen and oxygen atoms in total. The van der Waals surface area contributed by atoms with Gasteiger partial charge in [-0.3, -0.25) is 0 Å². The van der Waals surface area contributed by atoms with E-state index in [1.54, 1.807) is 0 Å². The van der Waals surface area contributed by atoms with Gasteiger partial charge in [0.05, 0.1) is 0 Å². The Morgan fingerprint density at radius 2 is 1.68 bits per heavy atom. The molecule has 0 heterocycles. The molecule has 0 bridgehead atoms. The van der Waals surface area contributed by atoms with Crippen molar-refractivity contribution in [2.45, 2.75) is 64.7 Å². The van der Waals surface area contributed by atoms with E-state index in [2.05, 4.69) is 6.92 Å². The van der Waals surface area contributed by atoms with Gasteiger partial charge in [-0.2, -0.15) is 0 Å². The number of hydrogen-bond donors (Lipinski definition) is 0. The van der Waals surface area contributed by atoms with Gasteiger partial charge in [0.15, 0.2) is 17.5 Å². The maximum atomic E-state index is 13.8. The van der Waals surface area contributed by atoms with E-state index in [1.807, 2.05) is 0 Å². The minimum atomic E-state index is -1.31. The quantitative estimate of drug-likeness (QED) is 0.617. The first-order valence-corrected chi connectivity index (χ1v) is 8.75. The van der Waals surface area contributed by atoms with E-state index in [9.17, 15) is 13.2 Å². The molecule has 1 fully saturated rings. The Hall–Kier alpha value is -0.990. The average Bonchev–Trinajstić information content (AvgIpc) is 2.53. The summed E-state index contributed by atoms with van der Waals surface area (Å²) in [7, 11) is 0. The van der Waals surface area contributed by atoms with Crippen LogP contribution in [-0.2, 0) is 12.8 Å². The predicted molar refractivity (Wildman–Crippen MR) is 82.2 cm³/mol. The maximum Gasteiger partial charge on any atom is 0.194 e. The highest BCUT2D eigenvalue weighted by Gasteiger charge is 2.32. The van der Waals surface area contributed by atoms with Crippen LogP contribution in [0.3, 0.4) is 0 Å². The molecule has 0 saturated heterocycles. The number of fused-ring (bicyclic) bond motifs is 1. The molecule has 22 heavy (non-hydrogen) atoms. The van der Waals surface area contributed by atoms with E-state index >= 15 is 0 Å². The molecule has 1 aromatic carbocycles. The van der Waals surface area contributed by atoms with E-state index in [-0.39, 0.29) is 0 Å². The summed E-state index contributed by atoms with van der Waals surface area (Å²) in [5.41, 5.74) is 1.11. The lowest BCUT2D eigenvalue weighted by Crippen LogP contribution is -2.27. The molecular formula is C19H25F3. The van der Waals surface area contributed by atoms with Crippen molar-refractivity contribution >= 4 is 0 Å². The van der Waals surface area contributed by atoms with Crippen LogP contribution in [0.2, 0.25) is 0 Å². The summed E-state index contributed by atoms with van der Waals surface area (Å²) in [6.45, 7) is 2.24. The molecule has 0 spiro atoms. The molecule has 2 aliphatic carbocycles. The number of hydrogen-bond acceptors (Lipinski definition) is 0. The smallest absolute Gasteiger partial charge is 0.194 e. The summed E-state index contributed by atoms with van der Waals surface area (Å²) in [5.74, 6) is -1.24. The van der Waals surface area contributed by atoms with E-state index in [0.717, 1.165) is 12.3 Å². The molecular weight excluding hydrogens is 285 g/mol. The first-order valence-electron chi connectivity index (χ1n) is 8.75. The van der Waals surface area contributed by atoms with E-state index in [4.69, 9.17) is 0 Å². The van der Waals surface area contributed by atoms with E-state index in [0.29, 0.717) is 35.8 Å². The lowest BCUT2D eigenvalue weighted by molar-refractivity contribution is 0.183. The average molecular weight is 310 g/mol. The monoisotopic (exact) mass is 310 g/mol. The van der Waals surface area contributed by atoms with Crippen LogP contribution in [0.1, 0.15) is 63.0 Å². The van der Waals surface area contributed by atoms with Gasteiger partial charge in [0.2, 0.25) is 0 Å². The van der Waals surface area contributed by atoms with Crippen molar-refractivity contribution in [2.75, 3.05) is 0 Å². The molecule has 2 aliphatic rings. The van der Waals surface area contributed by atoms with Gasteiger partial charge in [-0.15, -0.1) is 0 Å². The summed E-state index contributed by atoms with van der Waals surface area (Å²) < 4.78 is 40.6. The summed E-state index contributed by atoms with van der Waals surface area (Å²) in [6.07, 6.45) is 9.87. The van der Waals surface area contributed by atoms with Crippen molar-refractivity contribution < 1.29 is 13.2 Å². The Morgan fingerprint density at radius 3 is 2.36 bits per heavy atom. The first kappa shape index (κ1) is 15.9. The predicted octanol–water partition coefficient (Wildman–Crippen LogP) is 5.82. The lowest BCUT2D eigenvalue weighted by Gasteiger charge is -2.36. The van der Waals surface area contributed by atoms with Crippen LogP contribution in [0.25, 0.3) is 0 Å². The Bertz CT molecular complexity index is 530. The van der Waals surface area contributed by atoms with Gasteiger partial charge < -0.3 is 0 Å². The van der Waals surface area contributed by atoms with Gasteiger partial charge in [0, 0.05) is 0 Å². The van der Waals surface area contributed by atoms with Crippen LogP contribution in [0.5, 0.6) is 0 Å². The minimum Gasteiger partial charge on any atom is -0.204 e. The Balaban J connectivity index is 1.68. The Morgan fingerprint density at radius 1 is 0.955 bits per heavy atom. The van der Waals surface area contributed by atoms with Crippen LogP contribution >= 0.6 is 0 Å². The van der Waals surface area contributed by atoms with Crippen molar-refractivity contribution in [1.29, 1.82) is 0 Å². The van der Waals surface area contributed by atoms with E-state index < -0.39 is 17.5 Å². The second kappa shape index (κ2) is 6.64. The molecule has 0 aromatic heterocycles. The topological polar surface area (TPSA) is 0 Å². The highest BCUT2D eigenvalue weighted by molar-refractivity contribution is 5.33. The largest absolute Gasteiger partial charge is 0.204 e. The first-order chi connectivity index (χ1) is 10.6. The molecule has 0 radical (unpaired) electrons. The van der Waals surface area contributed by atoms with Crippen molar-refractivity contribution in [2.24, 2.45) is 17.8 Å². The van der Waals surface area contributed by atoms with Gasteiger partial charge in [0.25, 0.3) is 0 Å². The highest BCUT2D eigenvalue weighted by atomic mass is 19.2. The second-order valence-electron chi connectivity index (χ2n) is 7.20. The van der Waals surface area contributed by atoms with Crippen LogP contribution in [0, 0.1) is 35.2 Å². The summed E-state index contributed by atoms with van der Waals surface area (Å²) in [4.78, 5) is 0. The molecule has 1 aromatic rings. The fourth-order valence-corrected chi connectivity index (χ4v) is 4.61. The summed E-state index contributed by atoms with van der Waals surface area (Å²) >= 11 is 0. The minimum absolute atomic E-state index is 0.412. The summed E-state index contributed by atoms with van der Waals surface area (Å²) in [6, 6.07) is 1.22. The number of rotatable bonds is 3. The van der Waals surface area contributed by atoms with Gasteiger partial charge >= 0.3 is 0 Å². The third kappa shape index (κ3) is 3.04. The van der Waals surface area contributed by atoms with Crippen LogP contribution in [-0.4, -0.2) is 0 Å². The molecule has 1 saturated carbocycles. The molecule has 0 N–H and O–H groups in total. The SMILES string of the molecule is CCCC1CCC(C2CCc3c(cc(F)c(F)c3F)C2)CC1. The lowest BCUT2D eigenvalue weighted by atomic mass is 9.69. The third-order valence-corrected chi connectivity index (χ3v) is 5.86. The van der Waals surface area contributed by atoms with Crippen LogP contribution in [0.4, 0.5) is 13.2 Å². The zero-order valence-corrected chi connectivity index (χ0v) is 13.3. The third-order valence-electron chi connectivity index (χ3n) is 5.86. The molecule has 3 heteroatoms. The number of halogens is 3. The van der Waals surface area contributed by atoms with Gasteiger partial charge in [-0.25, -0.2) is 13.2 Å². The zero-order chi connectivity index (χ0) is 15.7. The molecule has 1 atom stereocenters. The number of benzene rings is 1. The standard InChI is InChI=1S/C19H25F3/c1-2-3-12-4-6-13(7-5-12)14-8-9-16-15(10-14)11-17(20)19(22)18(16)21/h11-14H,2-10H2,1H3. The van der Waals surface area contributed by atoms with Crippen molar-refractivity contribution in [3.05, 3.63) is 34.6 Å². The normalized spacial score (nSPS) is 28.5. The molecule has 3 rings (SSSR count). The van der Waals surface area contributed by atoms with E-state index in [1.165, 1.54) is 44.6 Å². The zero-order valence-electron chi connectivity index (χ0n) is 13.3. The van der Waals surface area contributed by atoms with Crippen molar-refractivity contribution in [3.8, 4) is 0 Å². The van der Waals surface area contributed by atoms with Gasteiger partial charge in [0.1, 0.15) is 0 Å². The molecule has 122 valence electrons. The Labute approximate surface area is 131 Å². The maximum absolute atomic E-state index is 13.8.